The Morgan fingerprint density at radius 1 is 1.53 bits per heavy atom. The largest absolute Gasteiger partial charge is 0.342 e. The van der Waals surface area contributed by atoms with Crippen molar-refractivity contribution in [1.29, 1.82) is 0 Å². The first kappa shape index (κ1) is 12.6. The van der Waals surface area contributed by atoms with Crippen LogP contribution in [0.2, 0.25) is 0 Å². The van der Waals surface area contributed by atoms with Crippen molar-refractivity contribution in [2.75, 3.05) is 26.7 Å². The van der Waals surface area contributed by atoms with Crippen molar-refractivity contribution in [3.05, 3.63) is 22.4 Å². The lowest BCUT2D eigenvalue weighted by molar-refractivity contribution is -0.131. The normalized spacial score (nSPS) is 17.4. The molecular formula is C13H20N2OS. The van der Waals surface area contributed by atoms with Gasteiger partial charge >= 0.3 is 0 Å². The molecule has 94 valence electrons. The minimum atomic E-state index is 0.284. The summed E-state index contributed by atoms with van der Waals surface area (Å²) in [5.41, 5.74) is 1.15. The summed E-state index contributed by atoms with van der Waals surface area (Å²) in [6.45, 7) is 2.93. The van der Waals surface area contributed by atoms with E-state index >= 15 is 0 Å². The number of nitrogens with one attached hydrogen (secondary N) is 1. The zero-order valence-corrected chi connectivity index (χ0v) is 11.1. The van der Waals surface area contributed by atoms with Gasteiger partial charge in [-0.25, -0.2) is 0 Å². The number of carbonyl (C=O) groups excluding carboxylic acids is 1. The fourth-order valence-corrected chi connectivity index (χ4v) is 3.02. The Labute approximate surface area is 107 Å². The molecule has 4 heteroatoms. The van der Waals surface area contributed by atoms with Crippen LogP contribution in [0.3, 0.4) is 0 Å². The molecule has 1 fully saturated rings. The first-order valence-corrected chi connectivity index (χ1v) is 7.17. The predicted molar refractivity (Wildman–Crippen MR) is 71.3 cm³/mol. The van der Waals surface area contributed by atoms with Crippen molar-refractivity contribution >= 4 is 17.2 Å². The van der Waals surface area contributed by atoms with E-state index in [0.29, 0.717) is 6.42 Å². The molecule has 2 heterocycles. The minimum absolute atomic E-state index is 0.284. The Kier molecular flexibility index (Phi) is 4.57. The molecule has 0 atom stereocenters. The van der Waals surface area contributed by atoms with Gasteiger partial charge in [0.15, 0.2) is 0 Å². The highest BCUT2D eigenvalue weighted by atomic mass is 32.1. The highest BCUT2D eigenvalue weighted by Gasteiger charge is 2.22. The Balaban J connectivity index is 1.78. The SMILES string of the molecule is CNCC1CCN(C(=O)Cc2ccsc2)CC1. The summed E-state index contributed by atoms with van der Waals surface area (Å²) in [4.78, 5) is 14.1. The highest BCUT2D eigenvalue weighted by Crippen LogP contribution is 2.17. The van der Waals surface area contributed by atoms with Crippen LogP contribution in [0.25, 0.3) is 0 Å². The Hall–Kier alpha value is -0.870. The number of nitrogens with zero attached hydrogens (tertiary/aromatic N) is 1. The smallest absolute Gasteiger partial charge is 0.227 e. The zero-order valence-electron chi connectivity index (χ0n) is 10.3. The van der Waals surface area contributed by atoms with Gasteiger partial charge in [0.05, 0.1) is 6.42 Å². The van der Waals surface area contributed by atoms with Crippen LogP contribution < -0.4 is 5.32 Å². The Morgan fingerprint density at radius 3 is 2.88 bits per heavy atom. The van der Waals surface area contributed by atoms with E-state index in [2.05, 4.69) is 10.7 Å². The summed E-state index contributed by atoms with van der Waals surface area (Å²) >= 11 is 1.66. The molecule has 2 rings (SSSR count). The molecule has 0 aromatic carbocycles. The van der Waals surface area contributed by atoms with Crippen molar-refractivity contribution < 1.29 is 4.79 Å². The van der Waals surface area contributed by atoms with Crippen LogP contribution in [-0.2, 0) is 11.2 Å². The molecular weight excluding hydrogens is 232 g/mol. The fourth-order valence-electron chi connectivity index (χ4n) is 2.35. The number of piperidine rings is 1. The number of likely N-dealkylation sites (tertiary alicyclic amines) is 1. The van der Waals surface area contributed by atoms with E-state index in [4.69, 9.17) is 0 Å². The lowest BCUT2D eigenvalue weighted by Gasteiger charge is -2.32. The molecule has 0 unspecified atom stereocenters. The summed E-state index contributed by atoms with van der Waals surface area (Å²) in [5, 5.41) is 7.31. The van der Waals surface area contributed by atoms with Gasteiger partial charge in [0, 0.05) is 13.1 Å². The van der Waals surface area contributed by atoms with Gasteiger partial charge in [-0.05, 0) is 54.7 Å². The molecule has 0 aliphatic carbocycles. The molecule has 17 heavy (non-hydrogen) atoms. The van der Waals surface area contributed by atoms with Gasteiger partial charge in [0.1, 0.15) is 0 Å². The minimum Gasteiger partial charge on any atom is -0.342 e. The van der Waals surface area contributed by atoms with Crippen LogP contribution in [0.1, 0.15) is 18.4 Å². The lowest BCUT2D eigenvalue weighted by Crippen LogP contribution is -2.41. The van der Waals surface area contributed by atoms with Gasteiger partial charge in [0.2, 0.25) is 5.91 Å². The summed E-state index contributed by atoms with van der Waals surface area (Å²) in [5.74, 6) is 1.02. The molecule has 0 radical (unpaired) electrons. The summed E-state index contributed by atoms with van der Waals surface area (Å²) in [6.07, 6.45) is 2.84. The maximum absolute atomic E-state index is 12.0. The number of thiophene rings is 1. The van der Waals surface area contributed by atoms with Crippen LogP contribution in [-0.4, -0.2) is 37.5 Å². The lowest BCUT2D eigenvalue weighted by atomic mass is 9.96. The second-order valence-corrected chi connectivity index (χ2v) is 5.47. The monoisotopic (exact) mass is 252 g/mol. The van der Waals surface area contributed by atoms with Crippen molar-refractivity contribution in [2.24, 2.45) is 5.92 Å². The van der Waals surface area contributed by atoms with Gasteiger partial charge in [-0.3, -0.25) is 4.79 Å². The van der Waals surface area contributed by atoms with Gasteiger partial charge in [-0.1, -0.05) is 0 Å². The van der Waals surface area contributed by atoms with E-state index in [0.717, 1.165) is 44.0 Å². The average Bonchev–Trinajstić information content (AvgIpc) is 2.83. The predicted octanol–water partition coefficient (Wildman–Crippen LogP) is 1.75. The summed E-state index contributed by atoms with van der Waals surface area (Å²) in [6, 6.07) is 2.04. The molecule has 1 aromatic rings. The zero-order chi connectivity index (χ0) is 12.1. The maximum Gasteiger partial charge on any atom is 0.227 e. The number of amides is 1. The van der Waals surface area contributed by atoms with Crippen LogP contribution >= 0.6 is 11.3 Å². The third-order valence-corrected chi connectivity index (χ3v) is 4.13. The van der Waals surface area contributed by atoms with Crippen molar-refractivity contribution in [3.63, 3.8) is 0 Å². The van der Waals surface area contributed by atoms with Gasteiger partial charge in [0.25, 0.3) is 0 Å². The molecule has 0 bridgehead atoms. The first-order chi connectivity index (χ1) is 8.29. The molecule has 1 aliphatic rings. The van der Waals surface area contributed by atoms with E-state index in [1.807, 2.05) is 23.4 Å². The second kappa shape index (κ2) is 6.17. The van der Waals surface area contributed by atoms with Crippen LogP contribution in [0.4, 0.5) is 0 Å². The van der Waals surface area contributed by atoms with Gasteiger partial charge < -0.3 is 10.2 Å². The van der Waals surface area contributed by atoms with Crippen LogP contribution in [0.5, 0.6) is 0 Å². The van der Waals surface area contributed by atoms with E-state index in [1.54, 1.807) is 11.3 Å². The third-order valence-electron chi connectivity index (χ3n) is 3.40. The Morgan fingerprint density at radius 2 is 2.29 bits per heavy atom. The van der Waals surface area contributed by atoms with E-state index < -0.39 is 0 Å². The van der Waals surface area contributed by atoms with Crippen molar-refractivity contribution in [1.82, 2.24) is 10.2 Å². The first-order valence-electron chi connectivity index (χ1n) is 6.23. The number of hydrogen-bond donors (Lipinski definition) is 1. The topological polar surface area (TPSA) is 32.3 Å². The van der Waals surface area contributed by atoms with E-state index in [1.165, 1.54) is 0 Å². The fraction of sp³-hybridized carbons (Fsp3) is 0.615. The maximum atomic E-state index is 12.0. The molecule has 1 amide bonds. The summed E-state index contributed by atoms with van der Waals surface area (Å²) < 4.78 is 0. The standard InChI is InChI=1S/C13H20N2OS/c1-14-9-11-2-5-15(6-3-11)13(16)8-12-4-7-17-10-12/h4,7,10-11,14H,2-3,5-6,8-9H2,1H3. The summed E-state index contributed by atoms with van der Waals surface area (Å²) in [7, 11) is 1.99. The highest BCUT2D eigenvalue weighted by molar-refractivity contribution is 7.07. The van der Waals surface area contributed by atoms with E-state index in [-0.39, 0.29) is 5.91 Å². The van der Waals surface area contributed by atoms with Gasteiger partial charge in [-0.2, -0.15) is 11.3 Å². The van der Waals surface area contributed by atoms with Crippen molar-refractivity contribution in [2.45, 2.75) is 19.3 Å². The molecule has 3 nitrogen and oxygen atoms in total. The average molecular weight is 252 g/mol. The molecule has 1 aliphatic heterocycles. The molecule has 1 aromatic heterocycles. The quantitative estimate of drug-likeness (QED) is 0.885. The van der Waals surface area contributed by atoms with Crippen LogP contribution in [0.15, 0.2) is 16.8 Å². The Bertz CT molecular complexity index is 342. The number of rotatable bonds is 4. The molecule has 1 saturated heterocycles. The molecule has 1 N–H and O–H groups in total. The van der Waals surface area contributed by atoms with Crippen LogP contribution in [0, 0.1) is 5.92 Å². The third kappa shape index (κ3) is 3.54. The van der Waals surface area contributed by atoms with Crippen molar-refractivity contribution in [3.8, 4) is 0 Å². The van der Waals surface area contributed by atoms with Gasteiger partial charge in [-0.15, -0.1) is 0 Å². The second-order valence-electron chi connectivity index (χ2n) is 4.69. The molecule has 0 saturated carbocycles. The number of hydrogen-bond acceptors (Lipinski definition) is 3. The number of carbonyl (C=O) groups is 1. The van der Waals surface area contributed by atoms with E-state index in [9.17, 15) is 4.79 Å². The molecule has 0 spiro atoms.